The Bertz CT molecular complexity index is 944. The van der Waals surface area contributed by atoms with Crippen LogP contribution in [0.4, 0.5) is 22.0 Å². The van der Waals surface area contributed by atoms with E-state index in [-0.39, 0.29) is 5.56 Å². The summed E-state index contributed by atoms with van der Waals surface area (Å²) in [6, 6.07) is 10.5. The van der Waals surface area contributed by atoms with E-state index in [4.69, 9.17) is 0 Å². The van der Waals surface area contributed by atoms with Crippen LogP contribution in [0.25, 0.3) is 11.3 Å². The highest BCUT2D eigenvalue weighted by atomic mass is 19.2. The summed E-state index contributed by atoms with van der Waals surface area (Å²) in [4.78, 5) is 16.4. The van der Waals surface area contributed by atoms with Gasteiger partial charge in [-0.1, -0.05) is 24.3 Å². The molecule has 2 nitrogen and oxygen atoms in total. The number of carbonyl (C=O) groups is 1. The standard InChI is InChI=1S/C18H8F5NO/c19-13-12(14(20)16(22)17(23)15(13)21)18(25)10-5-3-4-9(8-10)11-6-1-2-7-24-11/h1-8H. The Hall–Kier alpha value is -3.09. The SMILES string of the molecule is O=C(c1cccc(-c2ccccn2)c1)c1c(F)c(F)c(F)c(F)c1F. The number of benzene rings is 2. The minimum absolute atomic E-state index is 0.230. The number of pyridine rings is 1. The zero-order valence-corrected chi connectivity index (χ0v) is 12.4. The van der Waals surface area contributed by atoms with E-state index in [1.807, 2.05) is 0 Å². The second kappa shape index (κ2) is 6.43. The summed E-state index contributed by atoms with van der Waals surface area (Å²) in [6.07, 6.45) is 1.51. The molecule has 0 radical (unpaired) electrons. The zero-order chi connectivity index (χ0) is 18.1. The van der Waals surface area contributed by atoms with E-state index in [0.29, 0.717) is 11.3 Å². The van der Waals surface area contributed by atoms with Gasteiger partial charge in [0.05, 0.1) is 5.69 Å². The van der Waals surface area contributed by atoms with E-state index >= 15 is 0 Å². The van der Waals surface area contributed by atoms with Crippen LogP contribution in [0.3, 0.4) is 0 Å². The molecule has 1 aromatic heterocycles. The summed E-state index contributed by atoms with van der Waals surface area (Å²) < 4.78 is 67.3. The first-order valence-electron chi connectivity index (χ1n) is 6.99. The molecule has 3 aromatic rings. The van der Waals surface area contributed by atoms with Gasteiger partial charge in [-0.25, -0.2) is 22.0 Å². The minimum Gasteiger partial charge on any atom is -0.288 e. The van der Waals surface area contributed by atoms with Crippen molar-refractivity contribution in [2.75, 3.05) is 0 Å². The molecule has 0 N–H and O–H groups in total. The average molecular weight is 349 g/mol. The Kier molecular flexibility index (Phi) is 4.31. The predicted molar refractivity (Wildman–Crippen MR) is 79.3 cm³/mol. The molecule has 0 saturated heterocycles. The molecule has 0 aliphatic rings. The van der Waals surface area contributed by atoms with Gasteiger partial charge in [-0.05, 0) is 18.2 Å². The summed E-state index contributed by atoms with van der Waals surface area (Å²) in [7, 11) is 0. The molecule has 0 fully saturated rings. The Balaban J connectivity index is 2.12. The Morgan fingerprint density at radius 1 is 0.760 bits per heavy atom. The average Bonchev–Trinajstić information content (AvgIpc) is 2.65. The fourth-order valence-corrected chi connectivity index (χ4v) is 2.30. The predicted octanol–water partition coefficient (Wildman–Crippen LogP) is 4.68. The number of aromatic nitrogens is 1. The maximum Gasteiger partial charge on any atom is 0.200 e. The van der Waals surface area contributed by atoms with Gasteiger partial charge in [-0.2, -0.15) is 0 Å². The van der Waals surface area contributed by atoms with Gasteiger partial charge in [0.2, 0.25) is 5.82 Å². The molecule has 0 amide bonds. The lowest BCUT2D eigenvalue weighted by Crippen LogP contribution is -2.13. The second-order valence-electron chi connectivity index (χ2n) is 5.07. The van der Waals surface area contributed by atoms with E-state index in [0.717, 1.165) is 0 Å². The van der Waals surface area contributed by atoms with Crippen LogP contribution >= 0.6 is 0 Å². The largest absolute Gasteiger partial charge is 0.288 e. The summed E-state index contributed by atoms with van der Waals surface area (Å²) in [5, 5.41) is 0. The van der Waals surface area contributed by atoms with Crippen LogP contribution in [0.2, 0.25) is 0 Å². The van der Waals surface area contributed by atoms with Crippen molar-refractivity contribution in [3.05, 3.63) is 88.9 Å². The third-order valence-electron chi connectivity index (χ3n) is 3.52. The number of nitrogens with zero attached hydrogens (tertiary/aromatic N) is 1. The third-order valence-corrected chi connectivity index (χ3v) is 3.52. The van der Waals surface area contributed by atoms with Gasteiger partial charge in [0.25, 0.3) is 0 Å². The normalized spacial score (nSPS) is 10.8. The Morgan fingerprint density at radius 2 is 1.40 bits per heavy atom. The third kappa shape index (κ3) is 2.88. The van der Waals surface area contributed by atoms with Crippen LogP contribution in [-0.2, 0) is 0 Å². The zero-order valence-electron chi connectivity index (χ0n) is 12.4. The lowest BCUT2D eigenvalue weighted by molar-refractivity contribution is 0.102. The number of carbonyl (C=O) groups excluding carboxylic acids is 1. The number of ketones is 1. The molecule has 126 valence electrons. The molecule has 1 heterocycles. The van der Waals surface area contributed by atoms with E-state index in [1.165, 1.54) is 24.4 Å². The first-order chi connectivity index (χ1) is 11.9. The molecule has 3 rings (SSSR count). The van der Waals surface area contributed by atoms with Gasteiger partial charge in [-0.15, -0.1) is 0 Å². The summed E-state index contributed by atoms with van der Waals surface area (Å²) in [5.74, 6) is -12.3. The molecule has 0 bridgehead atoms. The van der Waals surface area contributed by atoms with Gasteiger partial charge in [0, 0.05) is 17.3 Å². The highest BCUT2D eigenvalue weighted by molar-refractivity contribution is 6.09. The maximum atomic E-state index is 13.8. The van der Waals surface area contributed by atoms with Crippen molar-refractivity contribution in [1.82, 2.24) is 4.98 Å². The summed E-state index contributed by atoms with van der Waals surface area (Å²) in [5.41, 5.74) is -0.786. The van der Waals surface area contributed by atoms with Crippen LogP contribution in [0.15, 0.2) is 48.7 Å². The molecule has 7 heteroatoms. The Labute approximate surface area is 138 Å². The van der Waals surface area contributed by atoms with Gasteiger partial charge >= 0.3 is 0 Å². The quantitative estimate of drug-likeness (QED) is 0.298. The van der Waals surface area contributed by atoms with Gasteiger partial charge in [-0.3, -0.25) is 9.78 Å². The minimum atomic E-state index is -2.31. The number of rotatable bonds is 3. The maximum absolute atomic E-state index is 13.8. The first kappa shape index (κ1) is 16.8. The highest BCUT2D eigenvalue weighted by Crippen LogP contribution is 2.26. The lowest BCUT2D eigenvalue weighted by Gasteiger charge is -2.08. The number of halogens is 5. The van der Waals surface area contributed by atoms with Crippen molar-refractivity contribution in [2.45, 2.75) is 0 Å². The first-order valence-corrected chi connectivity index (χ1v) is 6.99. The smallest absolute Gasteiger partial charge is 0.200 e. The molecule has 0 aliphatic carbocycles. The fraction of sp³-hybridized carbons (Fsp3) is 0. The van der Waals surface area contributed by atoms with Crippen molar-refractivity contribution in [2.24, 2.45) is 0 Å². The van der Waals surface area contributed by atoms with Crippen molar-refractivity contribution in [1.29, 1.82) is 0 Å². The van der Waals surface area contributed by atoms with E-state index in [1.54, 1.807) is 24.3 Å². The fourth-order valence-electron chi connectivity index (χ4n) is 2.30. The molecule has 0 unspecified atom stereocenters. The second-order valence-corrected chi connectivity index (χ2v) is 5.07. The van der Waals surface area contributed by atoms with Crippen molar-refractivity contribution >= 4 is 5.78 Å². The molecule has 2 aromatic carbocycles. The molecule has 0 aliphatic heterocycles. The molecule has 0 atom stereocenters. The monoisotopic (exact) mass is 349 g/mol. The highest BCUT2D eigenvalue weighted by Gasteiger charge is 2.30. The topological polar surface area (TPSA) is 30.0 Å². The summed E-state index contributed by atoms with van der Waals surface area (Å²) in [6.45, 7) is 0. The van der Waals surface area contributed by atoms with Crippen molar-refractivity contribution in [3.8, 4) is 11.3 Å². The number of hydrogen-bond donors (Lipinski definition) is 0. The molecular formula is C18H8F5NO. The van der Waals surface area contributed by atoms with Gasteiger partial charge < -0.3 is 0 Å². The van der Waals surface area contributed by atoms with E-state index in [9.17, 15) is 26.7 Å². The van der Waals surface area contributed by atoms with Crippen LogP contribution < -0.4 is 0 Å². The van der Waals surface area contributed by atoms with Crippen molar-refractivity contribution in [3.63, 3.8) is 0 Å². The number of hydrogen-bond acceptors (Lipinski definition) is 2. The van der Waals surface area contributed by atoms with Crippen LogP contribution in [0.1, 0.15) is 15.9 Å². The van der Waals surface area contributed by atoms with Crippen LogP contribution in [-0.4, -0.2) is 10.8 Å². The van der Waals surface area contributed by atoms with E-state index in [2.05, 4.69) is 4.98 Å². The Morgan fingerprint density at radius 3 is 2.00 bits per heavy atom. The van der Waals surface area contributed by atoms with Gasteiger partial charge in [0.1, 0.15) is 5.56 Å². The lowest BCUT2D eigenvalue weighted by atomic mass is 9.99. The molecule has 25 heavy (non-hydrogen) atoms. The molecule has 0 spiro atoms. The molecule has 0 saturated carbocycles. The summed E-state index contributed by atoms with van der Waals surface area (Å²) >= 11 is 0. The van der Waals surface area contributed by atoms with E-state index < -0.39 is 40.4 Å². The van der Waals surface area contributed by atoms with Gasteiger partial charge in [0.15, 0.2) is 29.1 Å². The van der Waals surface area contributed by atoms with Crippen molar-refractivity contribution < 1.29 is 26.7 Å². The molecular weight excluding hydrogens is 341 g/mol. The van der Waals surface area contributed by atoms with Crippen LogP contribution in [0.5, 0.6) is 0 Å². The van der Waals surface area contributed by atoms with Crippen LogP contribution in [0, 0.1) is 29.1 Å².